The van der Waals surface area contributed by atoms with Crippen LogP contribution in [0.15, 0.2) is 40.9 Å². The Morgan fingerprint density at radius 1 is 1.36 bits per heavy atom. The van der Waals surface area contributed by atoms with E-state index in [9.17, 15) is 4.79 Å². The average Bonchev–Trinajstić information content (AvgIpc) is 2.26. The van der Waals surface area contributed by atoms with Crippen molar-refractivity contribution in [1.29, 1.82) is 0 Å². The molecule has 0 fully saturated rings. The molecule has 3 heteroatoms. The van der Waals surface area contributed by atoms with E-state index in [2.05, 4.69) is 15.6 Å². The first-order valence-corrected chi connectivity index (χ1v) is 4.17. The lowest BCUT2D eigenvalue weighted by atomic mass is 10.3. The summed E-state index contributed by atoms with van der Waals surface area (Å²) < 4.78 is 4.50. The third-order valence-corrected chi connectivity index (χ3v) is 1.60. The summed E-state index contributed by atoms with van der Waals surface area (Å²) in [5.74, 6) is 2.20. The molecule has 3 nitrogen and oxygen atoms in total. The predicted octanol–water partition coefficient (Wildman–Crippen LogP) is 2.11. The van der Waals surface area contributed by atoms with Gasteiger partial charge in [-0.1, -0.05) is 18.2 Å². The highest BCUT2D eigenvalue weighted by Crippen LogP contribution is 2.08. The van der Waals surface area contributed by atoms with Crippen LogP contribution in [0.5, 0.6) is 0 Å². The highest BCUT2D eigenvalue weighted by atomic mass is 16.5. The summed E-state index contributed by atoms with van der Waals surface area (Å²) in [6.07, 6.45) is 0. The quantitative estimate of drug-likeness (QED) is 0.406. The molecule has 0 aliphatic carbocycles. The fourth-order valence-corrected chi connectivity index (χ4v) is 0.850. The Hall–Kier alpha value is -1.86. The first kappa shape index (κ1) is 10.2. The average molecular weight is 189 g/mol. The maximum atomic E-state index is 11.0. The largest absolute Gasteiger partial charge is 0.465 e. The normalized spacial score (nSPS) is 8.71. The predicted molar refractivity (Wildman–Crippen MR) is 54.7 cm³/mol. The lowest BCUT2D eigenvalue weighted by Crippen LogP contribution is -2.01. The number of aliphatic imine (C=N–C) groups is 1. The SMILES string of the molecule is COC(=O)C(C)=C=Nc1ccccc1. The van der Waals surface area contributed by atoms with Crippen molar-refractivity contribution < 1.29 is 9.53 Å². The monoisotopic (exact) mass is 189 g/mol. The summed E-state index contributed by atoms with van der Waals surface area (Å²) in [6.45, 7) is 1.61. The minimum Gasteiger partial charge on any atom is -0.465 e. The molecule has 0 saturated carbocycles. The zero-order chi connectivity index (χ0) is 10.4. The summed E-state index contributed by atoms with van der Waals surface area (Å²) >= 11 is 0. The summed E-state index contributed by atoms with van der Waals surface area (Å²) in [4.78, 5) is 14.9. The molecule has 72 valence electrons. The molecule has 14 heavy (non-hydrogen) atoms. The Balaban J connectivity index is 2.87. The minimum absolute atomic E-state index is 0.358. The van der Waals surface area contributed by atoms with E-state index in [1.807, 2.05) is 30.3 Å². The molecule has 1 aromatic rings. The number of hydrogen-bond donors (Lipinski definition) is 0. The highest BCUT2D eigenvalue weighted by molar-refractivity contribution is 5.97. The van der Waals surface area contributed by atoms with Crippen molar-refractivity contribution in [3.63, 3.8) is 0 Å². The lowest BCUT2D eigenvalue weighted by Gasteiger charge is -1.92. The van der Waals surface area contributed by atoms with Gasteiger partial charge in [0, 0.05) is 0 Å². The van der Waals surface area contributed by atoms with Gasteiger partial charge in [0.2, 0.25) is 0 Å². The first-order chi connectivity index (χ1) is 6.74. The number of carbonyl (C=O) groups is 1. The Morgan fingerprint density at radius 2 is 2.00 bits per heavy atom. The number of carbonyl (C=O) groups excluding carboxylic acids is 1. The fraction of sp³-hybridized carbons (Fsp3) is 0.182. The zero-order valence-corrected chi connectivity index (χ0v) is 8.15. The van der Waals surface area contributed by atoms with Gasteiger partial charge in [-0.25, -0.2) is 9.79 Å². The molecule has 0 bridgehead atoms. The summed E-state index contributed by atoms with van der Waals surface area (Å²) in [6, 6.07) is 9.30. The smallest absolute Gasteiger partial charge is 0.342 e. The second-order valence-corrected chi connectivity index (χ2v) is 2.68. The van der Waals surface area contributed by atoms with Crippen LogP contribution in [0.25, 0.3) is 0 Å². The van der Waals surface area contributed by atoms with E-state index in [1.165, 1.54) is 7.11 Å². The minimum atomic E-state index is -0.412. The molecule has 0 spiro atoms. The van der Waals surface area contributed by atoms with Gasteiger partial charge in [-0.3, -0.25) is 0 Å². The van der Waals surface area contributed by atoms with Crippen LogP contribution in [0, 0.1) is 0 Å². The molecule has 0 heterocycles. The molecule has 0 aromatic heterocycles. The van der Waals surface area contributed by atoms with Crippen molar-refractivity contribution in [2.24, 2.45) is 4.99 Å². The maximum absolute atomic E-state index is 11.0. The number of hydrogen-bond acceptors (Lipinski definition) is 3. The van der Waals surface area contributed by atoms with Gasteiger partial charge in [-0.05, 0) is 24.9 Å². The lowest BCUT2D eigenvalue weighted by molar-refractivity contribution is -0.135. The van der Waals surface area contributed by atoms with Gasteiger partial charge >= 0.3 is 5.97 Å². The van der Waals surface area contributed by atoms with Crippen molar-refractivity contribution in [3.8, 4) is 0 Å². The third kappa shape index (κ3) is 2.88. The van der Waals surface area contributed by atoms with E-state index >= 15 is 0 Å². The van der Waals surface area contributed by atoms with E-state index in [1.54, 1.807) is 6.92 Å². The Bertz CT molecular complexity index is 376. The zero-order valence-electron chi connectivity index (χ0n) is 8.15. The maximum Gasteiger partial charge on any atom is 0.342 e. The molecule has 0 aliphatic rings. The molecule has 0 saturated heterocycles. The van der Waals surface area contributed by atoms with Crippen LogP contribution in [0.4, 0.5) is 5.69 Å². The number of ether oxygens (including phenoxy) is 1. The Kier molecular flexibility index (Phi) is 3.65. The van der Waals surface area contributed by atoms with E-state index in [-0.39, 0.29) is 0 Å². The topological polar surface area (TPSA) is 38.7 Å². The standard InChI is InChI=1S/C11H11NO2/c1-9(11(13)14-2)8-12-10-6-4-3-5-7-10/h3-7H,1-2H3. The molecule has 0 N–H and O–H groups in total. The van der Waals surface area contributed by atoms with Crippen molar-refractivity contribution in [3.05, 3.63) is 35.9 Å². The summed E-state index contributed by atoms with van der Waals surface area (Å²) in [5, 5.41) is 0. The van der Waals surface area contributed by atoms with Crippen LogP contribution >= 0.6 is 0 Å². The summed E-state index contributed by atoms with van der Waals surface area (Å²) in [7, 11) is 1.33. The van der Waals surface area contributed by atoms with Gasteiger partial charge in [0.25, 0.3) is 0 Å². The fourth-order valence-electron chi connectivity index (χ4n) is 0.850. The molecular formula is C11H11NO2. The van der Waals surface area contributed by atoms with Crippen molar-refractivity contribution >= 4 is 17.5 Å². The van der Waals surface area contributed by atoms with Crippen LogP contribution in [0.2, 0.25) is 0 Å². The molecule has 0 amide bonds. The molecule has 0 radical (unpaired) electrons. The molecule has 0 unspecified atom stereocenters. The number of benzene rings is 1. The van der Waals surface area contributed by atoms with Crippen LogP contribution in [-0.4, -0.2) is 18.9 Å². The van der Waals surface area contributed by atoms with Gasteiger partial charge in [0.05, 0.1) is 18.4 Å². The number of para-hydroxylation sites is 1. The third-order valence-electron chi connectivity index (χ3n) is 1.60. The highest BCUT2D eigenvalue weighted by Gasteiger charge is 2.00. The first-order valence-electron chi connectivity index (χ1n) is 4.17. The van der Waals surface area contributed by atoms with Crippen molar-refractivity contribution in [1.82, 2.24) is 0 Å². The van der Waals surface area contributed by atoms with Crippen molar-refractivity contribution in [2.75, 3.05) is 7.11 Å². The second-order valence-electron chi connectivity index (χ2n) is 2.68. The van der Waals surface area contributed by atoms with Crippen LogP contribution in [0.1, 0.15) is 6.92 Å². The molecular weight excluding hydrogens is 178 g/mol. The van der Waals surface area contributed by atoms with Crippen LogP contribution < -0.4 is 0 Å². The Morgan fingerprint density at radius 3 is 2.57 bits per heavy atom. The molecule has 1 rings (SSSR count). The van der Waals surface area contributed by atoms with Gasteiger partial charge in [-0.2, -0.15) is 0 Å². The number of nitrogens with zero attached hydrogens (tertiary/aromatic N) is 1. The Labute approximate surface area is 82.7 Å². The van der Waals surface area contributed by atoms with Gasteiger partial charge in [0.1, 0.15) is 0 Å². The van der Waals surface area contributed by atoms with E-state index < -0.39 is 5.97 Å². The number of esters is 1. The van der Waals surface area contributed by atoms with Crippen LogP contribution in [0.3, 0.4) is 0 Å². The molecule has 0 atom stereocenters. The van der Waals surface area contributed by atoms with Gasteiger partial charge < -0.3 is 4.74 Å². The van der Waals surface area contributed by atoms with E-state index in [4.69, 9.17) is 0 Å². The van der Waals surface area contributed by atoms with Gasteiger partial charge in [0.15, 0.2) is 0 Å². The van der Waals surface area contributed by atoms with Crippen LogP contribution in [-0.2, 0) is 9.53 Å². The molecule has 1 aromatic carbocycles. The van der Waals surface area contributed by atoms with E-state index in [0.29, 0.717) is 5.57 Å². The second kappa shape index (κ2) is 5.00. The van der Waals surface area contributed by atoms with Gasteiger partial charge in [-0.15, -0.1) is 0 Å². The van der Waals surface area contributed by atoms with Crippen molar-refractivity contribution in [2.45, 2.75) is 6.92 Å². The molecule has 0 aliphatic heterocycles. The number of rotatable bonds is 2. The van der Waals surface area contributed by atoms with E-state index in [0.717, 1.165) is 5.69 Å². The summed E-state index contributed by atoms with van der Waals surface area (Å²) in [5.41, 5.74) is 1.12. The number of methoxy groups -OCH3 is 1.